The summed E-state index contributed by atoms with van der Waals surface area (Å²) in [4.78, 5) is 7.07. The van der Waals surface area contributed by atoms with E-state index in [1.165, 1.54) is 0 Å². The maximum absolute atomic E-state index is 9.09. The van der Waals surface area contributed by atoms with Crippen LogP contribution in [0.5, 0.6) is 11.5 Å². The van der Waals surface area contributed by atoms with Crippen molar-refractivity contribution < 1.29 is 37.8 Å². The topological polar surface area (TPSA) is 53.0 Å². The number of pyridine rings is 1. The quantitative estimate of drug-likeness (QED) is 0.135. The molecule has 0 spiro atoms. The third kappa shape index (κ3) is 6.88. The number of para-hydroxylation sites is 3. The number of benzene rings is 7. The van der Waals surface area contributed by atoms with Crippen molar-refractivity contribution in [1.82, 2.24) is 23.8 Å². The Kier molecular flexibility index (Phi) is 7.49. The number of fused-ring (bicyclic) bond motifs is 4. The summed E-state index contributed by atoms with van der Waals surface area (Å²) in [6.07, 6.45) is 2.55. The number of nitrogens with zero attached hydrogens (tertiary/aromatic N) is 6. The van der Waals surface area contributed by atoms with Crippen molar-refractivity contribution in [1.29, 1.82) is 0 Å². The summed E-state index contributed by atoms with van der Waals surface area (Å²) < 4.78 is 101. The molecular weight excluding hydrogens is 955 g/mol. The van der Waals surface area contributed by atoms with Crippen LogP contribution in [-0.2, 0) is 19.4 Å². The van der Waals surface area contributed by atoms with Gasteiger partial charge in [-0.05, 0) is 18.6 Å². The molecule has 0 amide bonds. The van der Waals surface area contributed by atoms with Crippen LogP contribution < -0.4 is 9.55 Å². The van der Waals surface area contributed by atoms with Crippen LogP contribution in [0.1, 0.15) is 26.2 Å². The molecule has 0 N–H and O–H groups in total. The molecule has 306 valence electrons. The average Bonchev–Trinajstić information content (AvgIpc) is 3.98. The number of anilines is 2. The second kappa shape index (κ2) is 16.2. The Morgan fingerprint density at radius 3 is 2.00 bits per heavy atom. The van der Waals surface area contributed by atoms with Crippen molar-refractivity contribution >= 4 is 29.5 Å². The number of aromatic nitrogens is 5. The van der Waals surface area contributed by atoms with E-state index >= 15 is 0 Å². The molecule has 0 atom stereocenters. The molecule has 7 nitrogen and oxygen atoms in total. The molecule has 4 heterocycles. The molecule has 0 bridgehead atoms. The molecule has 0 saturated heterocycles. The average molecular weight is 1010 g/mol. The fraction of sp³-hybridized carbons (Fsp3) is 0.0556. The molecule has 0 fully saturated rings. The van der Waals surface area contributed by atoms with E-state index in [1.54, 1.807) is 18.2 Å². The molecule has 63 heavy (non-hydrogen) atoms. The summed E-state index contributed by atoms with van der Waals surface area (Å²) in [5, 5.41) is 5.16. The summed E-state index contributed by atoms with van der Waals surface area (Å²) in [6, 6.07) is 37.2. The Balaban J connectivity index is 1.08. The molecule has 0 saturated carbocycles. The summed E-state index contributed by atoms with van der Waals surface area (Å²) >= 11 is 2.17. The summed E-state index contributed by atoms with van der Waals surface area (Å²) in [5.41, 5.74) is 8.22. The monoisotopic (exact) mass is 1010 g/mol. The molecule has 1 aliphatic rings. The summed E-state index contributed by atoms with van der Waals surface area (Å²) in [5.74, 6) is 1.88. The number of ether oxygens (including phenoxy) is 1. The number of aryl methyl sites for hydroxylation is 1. The molecule has 9 heteroatoms. The van der Waals surface area contributed by atoms with E-state index in [4.69, 9.17) is 28.5 Å². The van der Waals surface area contributed by atoms with E-state index in [1.807, 2.05) is 107 Å². The van der Waals surface area contributed by atoms with Gasteiger partial charge in [-0.2, -0.15) is 5.10 Å². The van der Waals surface area contributed by atoms with Crippen molar-refractivity contribution in [2.24, 2.45) is 0 Å². The van der Waals surface area contributed by atoms with Gasteiger partial charge < -0.3 is 0 Å². The van der Waals surface area contributed by atoms with Gasteiger partial charge in [0.05, 0.1) is 5.69 Å². The van der Waals surface area contributed by atoms with Crippen LogP contribution in [0.2, 0.25) is 6.32 Å². The fourth-order valence-electron chi connectivity index (χ4n) is 8.47. The first-order valence-electron chi connectivity index (χ1n) is 25.4. The van der Waals surface area contributed by atoms with Gasteiger partial charge in [-0.3, -0.25) is 0 Å². The molecule has 3 aromatic heterocycles. The molecule has 10 aromatic rings. The predicted molar refractivity (Wildman–Crippen MR) is 253 cm³/mol. The zero-order chi connectivity index (χ0) is 51.1. The van der Waals surface area contributed by atoms with Crippen molar-refractivity contribution in [3.05, 3.63) is 209 Å². The van der Waals surface area contributed by atoms with Crippen molar-refractivity contribution in [2.45, 2.75) is 20.2 Å². The van der Waals surface area contributed by atoms with Crippen molar-refractivity contribution in [3.63, 3.8) is 0 Å². The van der Waals surface area contributed by atoms with Gasteiger partial charge in [-0.15, -0.1) is 0 Å². The molecule has 0 radical (unpaired) electrons. The fourth-order valence-corrected chi connectivity index (χ4v) is 9.56. The third-order valence-corrected chi connectivity index (χ3v) is 12.2. The van der Waals surface area contributed by atoms with Gasteiger partial charge in [0.2, 0.25) is 0 Å². The maximum atomic E-state index is 9.09. The standard InChI is InChI=1S/C54H41BN6O.Pt/c1-3-55-60(53-33-38(2)31-32-56-53)51-35-44(29-30-47(51)52-36-48(57-61(52)55)41-21-11-6-12-22-41)62-43-24-15-23-42(34-43)58-37-59(50-28-14-13-27-49(50)58)54-45(39-17-7-4-8-18-39)25-16-26-46(54)40-19-9-5-10-20-40;/h4-36H,3H2,1-2H3;/i4D,5D,7D,8D,9D,10D,17D,18D,19D,20D;. The van der Waals surface area contributed by atoms with Gasteiger partial charge in [0.1, 0.15) is 0 Å². The Morgan fingerprint density at radius 2 is 1.30 bits per heavy atom. The normalized spacial score (nSPS) is 14.3. The van der Waals surface area contributed by atoms with Gasteiger partial charge in [0.15, 0.2) is 0 Å². The van der Waals surface area contributed by atoms with Crippen molar-refractivity contribution in [3.8, 4) is 67.6 Å². The Hall–Kier alpha value is -7.28. The molecular formula is C54H41BN6OPt. The van der Waals surface area contributed by atoms with E-state index in [0.717, 1.165) is 45.9 Å². The number of rotatable bonds is 9. The van der Waals surface area contributed by atoms with Crippen LogP contribution in [-0.4, -0.2) is 30.8 Å². The van der Waals surface area contributed by atoms with E-state index < -0.39 is 60.4 Å². The summed E-state index contributed by atoms with van der Waals surface area (Å²) in [6.45, 7) is 3.99. The number of imidazole rings is 1. The van der Waals surface area contributed by atoms with Gasteiger partial charge in [0.25, 0.3) is 0 Å². The van der Waals surface area contributed by atoms with Gasteiger partial charge in [-0.1, -0.05) is 37.3 Å². The van der Waals surface area contributed by atoms with E-state index in [9.17, 15) is 0 Å². The van der Waals surface area contributed by atoms with Gasteiger partial charge in [-0.25, -0.2) is 0 Å². The van der Waals surface area contributed by atoms with Gasteiger partial charge >= 0.3 is 315 Å². The van der Waals surface area contributed by atoms with Crippen LogP contribution in [0.4, 0.5) is 11.5 Å². The Morgan fingerprint density at radius 1 is 0.635 bits per heavy atom. The van der Waals surface area contributed by atoms with Crippen LogP contribution in [0.25, 0.3) is 67.2 Å². The first kappa shape index (κ1) is 29.1. The van der Waals surface area contributed by atoms with Gasteiger partial charge in [0, 0.05) is 11.8 Å². The van der Waals surface area contributed by atoms with Crippen LogP contribution in [0.15, 0.2) is 200 Å². The second-order valence-corrected chi connectivity index (χ2v) is 16.1. The first-order chi connectivity index (χ1) is 35.2. The second-order valence-electron chi connectivity index (χ2n) is 15.1. The number of hydrogen-bond donors (Lipinski definition) is 0. The molecule has 0 unspecified atom stereocenters. The SMILES string of the molecule is [2H]c1c([2H])c([2H])c(-c2cccc(-c3c([2H])c([2H])c([2H])c([2H])c3[2H])c2-n2[c](=[Pt])n(-c3cccc(Oc4ccc5c(c4)N(c4cc(C)ccn4)B(CC)n4nc(-c6ccccc6)cc4-5)c3)c3ccccc32)c([2H])c1[2H]. The van der Waals surface area contributed by atoms with E-state index in [2.05, 4.69) is 66.0 Å². The van der Waals surface area contributed by atoms with Crippen LogP contribution in [0, 0.1) is 10.7 Å². The Bertz CT molecular complexity index is 3830. The number of hydrogen-bond acceptors (Lipinski definition) is 4. The third-order valence-electron chi connectivity index (χ3n) is 11.2. The molecule has 1 aliphatic heterocycles. The van der Waals surface area contributed by atoms with E-state index in [-0.39, 0.29) is 34.9 Å². The molecule has 0 aliphatic carbocycles. The summed E-state index contributed by atoms with van der Waals surface area (Å²) in [7, 11) is 0. The predicted octanol–water partition coefficient (Wildman–Crippen LogP) is 13.4. The van der Waals surface area contributed by atoms with E-state index in [0.29, 0.717) is 32.0 Å². The first-order valence-corrected chi connectivity index (χ1v) is 21.6. The zero-order valence-corrected chi connectivity index (χ0v) is 36.2. The van der Waals surface area contributed by atoms with Crippen LogP contribution >= 0.6 is 0 Å². The van der Waals surface area contributed by atoms with Crippen molar-refractivity contribution in [2.75, 3.05) is 4.81 Å². The van der Waals surface area contributed by atoms with Crippen LogP contribution in [0.3, 0.4) is 0 Å². The molecule has 11 rings (SSSR count). The Labute approximate surface area is 391 Å². The minimum atomic E-state index is -0.561. The molecule has 7 aromatic carbocycles. The zero-order valence-electron chi connectivity index (χ0n) is 44.0. The minimum absolute atomic E-state index is 0.112.